The van der Waals surface area contributed by atoms with Crippen LogP contribution in [0.1, 0.15) is 22.6 Å². The molecule has 3 rings (SSSR count). The smallest absolute Gasteiger partial charge is 0.277 e. The van der Waals surface area contributed by atoms with Crippen molar-refractivity contribution in [1.29, 1.82) is 0 Å². The lowest BCUT2D eigenvalue weighted by atomic mass is 9.94. The lowest BCUT2D eigenvalue weighted by Gasteiger charge is -2.34. The third-order valence-electron chi connectivity index (χ3n) is 4.23. The molecule has 1 amide bonds. The minimum absolute atomic E-state index is 0.0797. The second-order valence-electron chi connectivity index (χ2n) is 5.66. The molecule has 3 heterocycles. The third kappa shape index (κ3) is 2.36. The molecule has 118 valence electrons. The van der Waals surface area contributed by atoms with E-state index < -0.39 is 18.0 Å². The van der Waals surface area contributed by atoms with Gasteiger partial charge in [-0.15, -0.1) is 0 Å². The van der Waals surface area contributed by atoms with Gasteiger partial charge in [0.25, 0.3) is 5.91 Å². The zero-order valence-electron chi connectivity index (χ0n) is 12.2. The predicted molar refractivity (Wildman–Crippen MR) is 77.0 cm³/mol. The molecule has 2 N–H and O–H groups in total. The van der Waals surface area contributed by atoms with Gasteiger partial charge in [-0.25, -0.2) is 4.98 Å². The van der Waals surface area contributed by atoms with E-state index in [0.29, 0.717) is 24.3 Å². The van der Waals surface area contributed by atoms with Gasteiger partial charge in [0.15, 0.2) is 5.69 Å². The van der Waals surface area contributed by atoms with Crippen molar-refractivity contribution < 1.29 is 19.4 Å². The molecule has 2 aromatic heterocycles. The van der Waals surface area contributed by atoms with Crippen molar-refractivity contribution in [1.82, 2.24) is 14.3 Å². The number of nitrogens with zero attached hydrogens (tertiary/aromatic N) is 3. The molecule has 0 unspecified atom stereocenters. The fraction of sp³-hybridized carbons (Fsp3) is 0.467. The van der Waals surface area contributed by atoms with E-state index in [1.807, 2.05) is 0 Å². The molecule has 22 heavy (non-hydrogen) atoms. The molecule has 1 aliphatic heterocycles. The number of hydrogen-bond donors (Lipinski definition) is 2. The minimum Gasteiger partial charge on any atom is -0.396 e. The van der Waals surface area contributed by atoms with E-state index in [2.05, 4.69) is 4.98 Å². The molecule has 2 aromatic rings. The molecular formula is C15H18FN3O3. The standard InChI is InChI=1S/C15H18FN3O3/c1-9-3-2-4-12-17-13(14(16)19(9)12)15(22)18-6-5-10(8-20)11(21)7-18/h2-4,10-11,20-21H,5-8H2,1H3/t10-,11-/m1/s1. The molecular weight excluding hydrogens is 289 g/mol. The number of aliphatic hydroxyl groups excluding tert-OH is 2. The van der Waals surface area contributed by atoms with E-state index in [1.165, 1.54) is 9.30 Å². The highest BCUT2D eigenvalue weighted by Crippen LogP contribution is 2.21. The van der Waals surface area contributed by atoms with Crippen LogP contribution in [0.25, 0.3) is 5.65 Å². The Morgan fingerprint density at radius 3 is 2.91 bits per heavy atom. The molecule has 2 atom stereocenters. The number of halogens is 1. The normalized spacial score (nSPS) is 22.3. The fourth-order valence-electron chi connectivity index (χ4n) is 2.88. The maximum atomic E-state index is 14.5. The zero-order chi connectivity index (χ0) is 15.9. The summed E-state index contributed by atoms with van der Waals surface area (Å²) < 4.78 is 15.8. The summed E-state index contributed by atoms with van der Waals surface area (Å²) in [5, 5.41) is 19.0. The molecule has 6 nitrogen and oxygen atoms in total. The number of aryl methyl sites for hydroxylation is 1. The Morgan fingerprint density at radius 2 is 2.27 bits per heavy atom. The number of pyridine rings is 1. The number of hydrogen-bond acceptors (Lipinski definition) is 4. The van der Waals surface area contributed by atoms with Crippen LogP contribution in [0.3, 0.4) is 0 Å². The summed E-state index contributed by atoms with van der Waals surface area (Å²) in [6.45, 7) is 2.07. The van der Waals surface area contributed by atoms with E-state index in [9.17, 15) is 14.3 Å². The van der Waals surface area contributed by atoms with Crippen molar-refractivity contribution in [2.24, 2.45) is 5.92 Å². The fourth-order valence-corrected chi connectivity index (χ4v) is 2.88. The van der Waals surface area contributed by atoms with Crippen LogP contribution in [0.4, 0.5) is 4.39 Å². The minimum atomic E-state index is -0.801. The summed E-state index contributed by atoms with van der Waals surface area (Å²) in [5.74, 6) is -1.45. The Kier molecular flexibility index (Phi) is 3.84. The molecule has 0 radical (unpaired) electrons. The van der Waals surface area contributed by atoms with Crippen molar-refractivity contribution in [2.75, 3.05) is 19.7 Å². The first kappa shape index (κ1) is 14.9. The van der Waals surface area contributed by atoms with Crippen molar-refractivity contribution in [3.05, 3.63) is 35.5 Å². The zero-order valence-corrected chi connectivity index (χ0v) is 12.2. The monoisotopic (exact) mass is 307 g/mol. The summed E-state index contributed by atoms with van der Waals surface area (Å²) in [6.07, 6.45) is -0.318. The van der Waals surface area contributed by atoms with E-state index >= 15 is 0 Å². The maximum Gasteiger partial charge on any atom is 0.277 e. The summed E-state index contributed by atoms with van der Waals surface area (Å²) in [6, 6.07) is 5.13. The van der Waals surface area contributed by atoms with E-state index in [1.54, 1.807) is 25.1 Å². The summed E-state index contributed by atoms with van der Waals surface area (Å²) in [7, 11) is 0. The highest BCUT2D eigenvalue weighted by atomic mass is 19.1. The topological polar surface area (TPSA) is 78.1 Å². The Balaban J connectivity index is 1.90. The molecule has 0 spiro atoms. The van der Waals surface area contributed by atoms with Gasteiger partial charge in [0.2, 0.25) is 5.95 Å². The molecule has 1 saturated heterocycles. The van der Waals surface area contributed by atoms with Crippen molar-refractivity contribution in [3.63, 3.8) is 0 Å². The van der Waals surface area contributed by atoms with Crippen LogP contribution in [0, 0.1) is 18.8 Å². The van der Waals surface area contributed by atoms with Gasteiger partial charge in [-0.3, -0.25) is 9.20 Å². The summed E-state index contributed by atoms with van der Waals surface area (Å²) in [5.41, 5.74) is 0.802. The Hall–Kier alpha value is -1.99. The predicted octanol–water partition coefficient (Wildman–Crippen LogP) is 0.597. The molecule has 0 bridgehead atoms. The van der Waals surface area contributed by atoms with E-state index in [0.717, 1.165) is 0 Å². The first-order valence-corrected chi connectivity index (χ1v) is 7.24. The van der Waals surface area contributed by atoms with Gasteiger partial charge in [0.05, 0.1) is 6.10 Å². The molecule has 1 aliphatic rings. The van der Waals surface area contributed by atoms with Crippen LogP contribution < -0.4 is 0 Å². The van der Waals surface area contributed by atoms with Crippen LogP contribution in [0.5, 0.6) is 0 Å². The van der Waals surface area contributed by atoms with Crippen LogP contribution in [-0.2, 0) is 0 Å². The van der Waals surface area contributed by atoms with Gasteiger partial charge in [0, 0.05) is 31.3 Å². The largest absolute Gasteiger partial charge is 0.396 e. The SMILES string of the molecule is Cc1cccc2nc(C(=O)N3CC[C@H](CO)[C@H](O)C3)c(F)n12. The number of piperidine rings is 1. The Bertz CT molecular complexity index is 715. The van der Waals surface area contributed by atoms with Gasteiger partial charge in [-0.2, -0.15) is 4.39 Å². The highest BCUT2D eigenvalue weighted by Gasteiger charge is 2.32. The number of aromatic nitrogens is 2. The van der Waals surface area contributed by atoms with Gasteiger partial charge in [-0.05, 0) is 25.5 Å². The molecule has 7 heteroatoms. The summed E-state index contributed by atoms with van der Waals surface area (Å²) >= 11 is 0. The van der Waals surface area contributed by atoms with Gasteiger partial charge in [-0.1, -0.05) is 6.07 Å². The number of imidazole rings is 1. The molecule has 0 aliphatic carbocycles. The first-order valence-electron chi connectivity index (χ1n) is 7.24. The number of likely N-dealkylation sites (tertiary alicyclic amines) is 1. The highest BCUT2D eigenvalue weighted by molar-refractivity contribution is 5.93. The number of fused-ring (bicyclic) bond motifs is 1. The number of aliphatic hydroxyl groups is 2. The maximum absolute atomic E-state index is 14.5. The molecule has 0 aromatic carbocycles. The van der Waals surface area contributed by atoms with E-state index in [4.69, 9.17) is 5.11 Å². The van der Waals surface area contributed by atoms with Gasteiger partial charge >= 0.3 is 0 Å². The number of carbonyl (C=O) groups is 1. The first-order chi connectivity index (χ1) is 10.5. The Labute approximate surface area is 126 Å². The molecule has 0 saturated carbocycles. The quantitative estimate of drug-likeness (QED) is 0.851. The van der Waals surface area contributed by atoms with Crippen LogP contribution in [0.2, 0.25) is 0 Å². The second-order valence-corrected chi connectivity index (χ2v) is 5.66. The number of rotatable bonds is 2. The number of β-amino-alcohol motifs (C(OH)–C–C–N with tert-alkyl or cyclic N) is 1. The van der Waals surface area contributed by atoms with E-state index in [-0.39, 0.29) is 24.8 Å². The summed E-state index contributed by atoms with van der Waals surface area (Å²) in [4.78, 5) is 17.9. The van der Waals surface area contributed by atoms with Crippen molar-refractivity contribution in [3.8, 4) is 0 Å². The molecule has 1 fully saturated rings. The average Bonchev–Trinajstić information content (AvgIpc) is 2.85. The van der Waals surface area contributed by atoms with Crippen molar-refractivity contribution in [2.45, 2.75) is 19.4 Å². The van der Waals surface area contributed by atoms with Crippen molar-refractivity contribution >= 4 is 11.6 Å². The van der Waals surface area contributed by atoms with Gasteiger partial charge in [0.1, 0.15) is 5.65 Å². The van der Waals surface area contributed by atoms with Gasteiger partial charge < -0.3 is 15.1 Å². The Morgan fingerprint density at radius 1 is 1.50 bits per heavy atom. The number of amides is 1. The van der Waals surface area contributed by atoms with Crippen LogP contribution in [-0.4, -0.2) is 56.2 Å². The number of carbonyl (C=O) groups excluding carboxylic acids is 1. The third-order valence-corrected chi connectivity index (χ3v) is 4.23. The van der Waals surface area contributed by atoms with Crippen LogP contribution in [0.15, 0.2) is 18.2 Å². The lowest BCUT2D eigenvalue weighted by molar-refractivity contribution is 0.000484. The average molecular weight is 307 g/mol. The van der Waals surface area contributed by atoms with Crippen LogP contribution >= 0.6 is 0 Å². The second kappa shape index (κ2) is 5.66. The lowest BCUT2D eigenvalue weighted by Crippen LogP contribution is -2.47.